The van der Waals surface area contributed by atoms with E-state index in [2.05, 4.69) is 10.1 Å². The van der Waals surface area contributed by atoms with Crippen LogP contribution in [0.3, 0.4) is 0 Å². The molecule has 2 heterocycles. The fraction of sp³-hybridized carbons (Fsp3) is 0.263. The summed E-state index contributed by atoms with van der Waals surface area (Å²) in [4.78, 5) is 10.2. The standard InChI is InChI=1S/C19H20ClN3O4S/c1-3-24-19(25-4-2)27-23-18(21)16-9-14-15(10-22-11-17(14)28-16)26-13-7-5-12(20)6-8-13/h5-11,19H,3-4H2,1-2H3,(H2,21,23). The van der Waals surface area contributed by atoms with Gasteiger partial charge in [-0.15, -0.1) is 11.3 Å². The van der Waals surface area contributed by atoms with Crippen molar-refractivity contribution >= 4 is 38.9 Å². The molecule has 0 saturated carbocycles. The zero-order valence-corrected chi connectivity index (χ0v) is 17.0. The summed E-state index contributed by atoms with van der Waals surface area (Å²) in [6.07, 6.45) is 3.40. The zero-order valence-electron chi connectivity index (χ0n) is 15.4. The SMILES string of the molecule is CCOC(OCC)ON=C(N)c1cc2c(Oc3ccc(Cl)cc3)cncc2s1. The number of benzene rings is 1. The van der Waals surface area contributed by atoms with Crippen LogP contribution < -0.4 is 10.5 Å². The number of nitrogens with two attached hydrogens (primary N) is 1. The molecule has 0 unspecified atom stereocenters. The fourth-order valence-corrected chi connectivity index (χ4v) is 3.36. The van der Waals surface area contributed by atoms with Gasteiger partial charge in [-0.3, -0.25) is 4.98 Å². The molecule has 7 nitrogen and oxygen atoms in total. The Kier molecular flexibility index (Phi) is 7.05. The van der Waals surface area contributed by atoms with Crippen molar-refractivity contribution in [1.82, 2.24) is 4.98 Å². The normalized spacial score (nSPS) is 11.9. The number of halogens is 1. The second-order valence-corrected chi connectivity index (χ2v) is 7.02. The van der Waals surface area contributed by atoms with Crippen LogP contribution in [0.5, 0.6) is 11.5 Å². The van der Waals surface area contributed by atoms with Crippen LogP contribution in [0.25, 0.3) is 10.1 Å². The molecule has 0 saturated heterocycles. The summed E-state index contributed by atoms with van der Waals surface area (Å²) in [5.74, 6) is 1.48. The minimum atomic E-state index is -0.895. The Hall–Kier alpha value is -2.39. The van der Waals surface area contributed by atoms with E-state index >= 15 is 0 Å². The summed E-state index contributed by atoms with van der Waals surface area (Å²) in [6.45, 7) is 3.64. The number of nitrogens with zero attached hydrogens (tertiary/aromatic N) is 2. The second kappa shape index (κ2) is 9.70. The Labute approximate surface area is 171 Å². The number of fused-ring (bicyclic) bond motifs is 1. The molecule has 0 amide bonds. The minimum Gasteiger partial charge on any atom is -0.455 e. The summed E-state index contributed by atoms with van der Waals surface area (Å²) < 4.78 is 17.4. The van der Waals surface area contributed by atoms with Gasteiger partial charge in [0.25, 0.3) is 0 Å². The zero-order chi connectivity index (χ0) is 19.9. The Morgan fingerprint density at radius 3 is 2.57 bits per heavy atom. The summed E-state index contributed by atoms with van der Waals surface area (Å²) in [6, 6.07) is 8.99. The topological polar surface area (TPSA) is 88.2 Å². The van der Waals surface area contributed by atoms with Gasteiger partial charge in [0.1, 0.15) is 5.75 Å². The van der Waals surface area contributed by atoms with Gasteiger partial charge in [0.05, 0.1) is 29.0 Å². The van der Waals surface area contributed by atoms with Gasteiger partial charge >= 0.3 is 6.48 Å². The van der Waals surface area contributed by atoms with E-state index in [1.54, 1.807) is 36.7 Å². The van der Waals surface area contributed by atoms with Crippen molar-refractivity contribution in [2.45, 2.75) is 20.3 Å². The highest BCUT2D eigenvalue weighted by molar-refractivity contribution is 7.20. The van der Waals surface area contributed by atoms with Crippen molar-refractivity contribution in [3.63, 3.8) is 0 Å². The summed E-state index contributed by atoms with van der Waals surface area (Å²) in [5.41, 5.74) is 6.07. The van der Waals surface area contributed by atoms with Crippen LogP contribution in [0, 0.1) is 0 Å². The molecule has 0 radical (unpaired) electrons. The molecule has 0 aliphatic rings. The number of hydrogen-bond donors (Lipinski definition) is 1. The van der Waals surface area contributed by atoms with E-state index in [0.717, 1.165) is 15.0 Å². The van der Waals surface area contributed by atoms with E-state index in [1.165, 1.54) is 11.3 Å². The van der Waals surface area contributed by atoms with Gasteiger partial charge in [-0.05, 0) is 44.2 Å². The first kappa shape index (κ1) is 20.3. The quantitative estimate of drug-likeness (QED) is 0.232. The lowest BCUT2D eigenvalue weighted by atomic mass is 10.2. The second-order valence-electron chi connectivity index (χ2n) is 5.50. The molecule has 148 valence electrons. The van der Waals surface area contributed by atoms with Crippen LogP contribution in [-0.4, -0.2) is 30.5 Å². The first-order valence-electron chi connectivity index (χ1n) is 8.64. The van der Waals surface area contributed by atoms with E-state index in [0.29, 0.717) is 29.7 Å². The van der Waals surface area contributed by atoms with Crippen molar-refractivity contribution in [3.05, 3.63) is 52.6 Å². The summed E-state index contributed by atoms with van der Waals surface area (Å²) in [7, 11) is 0. The molecule has 0 bridgehead atoms. The first-order valence-corrected chi connectivity index (χ1v) is 9.84. The molecular weight excluding hydrogens is 402 g/mol. The lowest BCUT2D eigenvalue weighted by molar-refractivity contribution is -0.285. The van der Waals surface area contributed by atoms with Gasteiger partial charge < -0.3 is 24.8 Å². The van der Waals surface area contributed by atoms with Gasteiger partial charge in [-0.1, -0.05) is 16.8 Å². The van der Waals surface area contributed by atoms with Crippen molar-refractivity contribution in [1.29, 1.82) is 0 Å². The first-order chi connectivity index (χ1) is 13.6. The molecule has 9 heteroatoms. The summed E-state index contributed by atoms with van der Waals surface area (Å²) in [5, 5.41) is 5.44. The summed E-state index contributed by atoms with van der Waals surface area (Å²) >= 11 is 7.35. The van der Waals surface area contributed by atoms with Gasteiger partial charge in [0.2, 0.25) is 0 Å². The van der Waals surface area contributed by atoms with Gasteiger partial charge in [-0.2, -0.15) is 0 Å². The number of hydrogen-bond acceptors (Lipinski definition) is 7. The average molecular weight is 422 g/mol. The molecule has 0 spiro atoms. The predicted molar refractivity (Wildman–Crippen MR) is 110 cm³/mol. The number of pyridine rings is 1. The number of ether oxygens (including phenoxy) is 3. The maximum Gasteiger partial charge on any atom is 0.339 e. The third-order valence-electron chi connectivity index (χ3n) is 3.55. The monoisotopic (exact) mass is 421 g/mol. The van der Waals surface area contributed by atoms with Crippen molar-refractivity contribution in [2.75, 3.05) is 13.2 Å². The highest BCUT2D eigenvalue weighted by Gasteiger charge is 2.13. The molecule has 0 aliphatic carbocycles. The van der Waals surface area contributed by atoms with Gasteiger partial charge in [-0.25, -0.2) is 0 Å². The van der Waals surface area contributed by atoms with Gasteiger partial charge in [0.15, 0.2) is 11.6 Å². The molecule has 3 aromatic rings. The molecule has 0 atom stereocenters. The van der Waals surface area contributed by atoms with Crippen molar-refractivity contribution in [2.24, 2.45) is 10.9 Å². The van der Waals surface area contributed by atoms with Crippen molar-refractivity contribution in [3.8, 4) is 11.5 Å². The number of amidine groups is 1. The number of oxime groups is 1. The minimum absolute atomic E-state index is 0.211. The molecule has 0 aliphatic heterocycles. The Morgan fingerprint density at radius 2 is 1.89 bits per heavy atom. The van der Waals surface area contributed by atoms with E-state index in [9.17, 15) is 0 Å². The van der Waals surface area contributed by atoms with Gasteiger partial charge in [0, 0.05) is 16.6 Å². The van der Waals surface area contributed by atoms with Crippen LogP contribution >= 0.6 is 22.9 Å². The van der Waals surface area contributed by atoms with Crippen LogP contribution in [0.1, 0.15) is 18.7 Å². The van der Waals surface area contributed by atoms with Crippen molar-refractivity contribution < 1.29 is 19.0 Å². The highest BCUT2D eigenvalue weighted by atomic mass is 35.5. The fourth-order valence-electron chi connectivity index (χ4n) is 2.30. The molecule has 0 fully saturated rings. The van der Waals surface area contributed by atoms with Crippen LogP contribution in [0.4, 0.5) is 0 Å². The van der Waals surface area contributed by atoms with E-state index < -0.39 is 6.48 Å². The molecule has 2 N–H and O–H groups in total. The Morgan fingerprint density at radius 1 is 1.18 bits per heavy atom. The largest absolute Gasteiger partial charge is 0.455 e. The number of rotatable bonds is 9. The lowest BCUT2D eigenvalue weighted by Crippen LogP contribution is -2.21. The van der Waals surface area contributed by atoms with E-state index in [-0.39, 0.29) is 5.84 Å². The number of aromatic nitrogens is 1. The van der Waals surface area contributed by atoms with Crippen LogP contribution in [-0.2, 0) is 14.3 Å². The molecular formula is C19H20ClN3O4S. The molecule has 3 rings (SSSR count). The average Bonchev–Trinajstić information content (AvgIpc) is 3.13. The lowest BCUT2D eigenvalue weighted by Gasteiger charge is -2.13. The maximum absolute atomic E-state index is 6.07. The van der Waals surface area contributed by atoms with E-state index in [4.69, 9.17) is 36.4 Å². The Bertz CT molecular complexity index is 940. The third-order valence-corrected chi connectivity index (χ3v) is 4.89. The Balaban J connectivity index is 1.81. The smallest absolute Gasteiger partial charge is 0.339 e. The van der Waals surface area contributed by atoms with Crippen LogP contribution in [0.15, 0.2) is 47.9 Å². The van der Waals surface area contributed by atoms with Crippen LogP contribution in [0.2, 0.25) is 5.02 Å². The predicted octanol–water partition coefficient (Wildman–Crippen LogP) is 4.74. The molecule has 1 aromatic carbocycles. The van der Waals surface area contributed by atoms with E-state index in [1.807, 2.05) is 19.9 Å². The molecule has 28 heavy (non-hydrogen) atoms. The maximum atomic E-state index is 6.07. The molecule has 2 aromatic heterocycles. The number of thiophene rings is 1. The highest BCUT2D eigenvalue weighted by Crippen LogP contribution is 2.34. The third kappa shape index (κ3) is 5.11.